The zero-order valence-corrected chi connectivity index (χ0v) is 12.9. The van der Waals surface area contributed by atoms with Crippen LogP contribution >= 0.6 is 11.6 Å². The van der Waals surface area contributed by atoms with Gasteiger partial charge in [-0.05, 0) is 37.1 Å². The van der Waals surface area contributed by atoms with Gasteiger partial charge in [0.2, 0.25) is 5.91 Å². The smallest absolute Gasteiger partial charge is 0.225 e. The number of carbonyl (C=O) groups is 1. The Hall–Kier alpha value is -1.30. The van der Waals surface area contributed by atoms with Crippen molar-refractivity contribution in [1.82, 2.24) is 4.90 Å². The molecule has 21 heavy (non-hydrogen) atoms. The fourth-order valence-electron chi connectivity index (χ4n) is 2.44. The molecule has 2 rings (SSSR count). The molecule has 0 spiro atoms. The van der Waals surface area contributed by atoms with Crippen molar-refractivity contribution in [3.05, 3.63) is 23.2 Å². The molecular formula is C15H22ClN3O2. The highest BCUT2D eigenvalue weighted by Gasteiger charge is 2.24. The van der Waals surface area contributed by atoms with E-state index in [-0.39, 0.29) is 12.0 Å². The summed E-state index contributed by atoms with van der Waals surface area (Å²) in [6.45, 7) is 4.26. The van der Waals surface area contributed by atoms with E-state index in [1.807, 2.05) is 0 Å². The molecule has 1 fully saturated rings. The highest BCUT2D eigenvalue weighted by atomic mass is 35.5. The highest BCUT2D eigenvalue weighted by Crippen LogP contribution is 2.23. The van der Waals surface area contributed by atoms with Crippen LogP contribution in [0, 0.1) is 5.92 Å². The van der Waals surface area contributed by atoms with Crippen molar-refractivity contribution >= 4 is 28.9 Å². The van der Waals surface area contributed by atoms with Crippen molar-refractivity contribution in [2.45, 2.75) is 25.9 Å². The zero-order valence-electron chi connectivity index (χ0n) is 12.2. The van der Waals surface area contributed by atoms with E-state index in [0.717, 1.165) is 13.0 Å². The number of amides is 1. The van der Waals surface area contributed by atoms with Crippen molar-refractivity contribution in [1.29, 1.82) is 0 Å². The summed E-state index contributed by atoms with van der Waals surface area (Å²) in [5.41, 5.74) is 6.84. The highest BCUT2D eigenvalue weighted by molar-refractivity contribution is 6.31. The molecule has 1 saturated heterocycles. The van der Waals surface area contributed by atoms with Crippen molar-refractivity contribution in [2.24, 2.45) is 5.92 Å². The molecule has 116 valence electrons. The van der Waals surface area contributed by atoms with Crippen molar-refractivity contribution in [3.63, 3.8) is 0 Å². The van der Waals surface area contributed by atoms with Gasteiger partial charge in [-0.3, -0.25) is 4.79 Å². The van der Waals surface area contributed by atoms with Gasteiger partial charge in [0.25, 0.3) is 0 Å². The number of nitrogens with one attached hydrogen (secondary N) is 1. The molecule has 4 N–H and O–H groups in total. The normalized spacial score (nSPS) is 23.0. The molecular weight excluding hydrogens is 290 g/mol. The number of hydrogen-bond acceptors (Lipinski definition) is 4. The summed E-state index contributed by atoms with van der Waals surface area (Å²) in [6, 6.07) is 5.00. The first-order valence-corrected chi connectivity index (χ1v) is 7.59. The fraction of sp³-hybridized carbons (Fsp3) is 0.533. The number of anilines is 2. The van der Waals surface area contributed by atoms with Gasteiger partial charge in [0.1, 0.15) is 0 Å². The van der Waals surface area contributed by atoms with Crippen molar-refractivity contribution < 1.29 is 9.90 Å². The molecule has 1 heterocycles. The van der Waals surface area contributed by atoms with Gasteiger partial charge in [0.05, 0.1) is 17.5 Å². The second-order valence-electron chi connectivity index (χ2n) is 5.66. The van der Waals surface area contributed by atoms with Gasteiger partial charge < -0.3 is 21.1 Å². The summed E-state index contributed by atoms with van der Waals surface area (Å²) in [7, 11) is 0. The first kappa shape index (κ1) is 16.1. The molecule has 0 aliphatic carbocycles. The standard InChI is InChI=1S/C15H22ClN3O2/c1-10-4-6-19(9-14(10)20)7-5-15(21)18-13-3-2-11(16)8-12(13)17/h2-3,8,10,14,20H,4-7,9,17H2,1H3,(H,18,21). The van der Waals surface area contributed by atoms with Gasteiger partial charge in [-0.2, -0.15) is 0 Å². The largest absolute Gasteiger partial charge is 0.397 e. The number of carbonyl (C=O) groups excluding carboxylic acids is 1. The molecule has 0 aromatic heterocycles. The number of benzene rings is 1. The molecule has 0 bridgehead atoms. The summed E-state index contributed by atoms with van der Waals surface area (Å²) in [5, 5.41) is 13.2. The van der Waals surface area contributed by atoms with Crippen LogP contribution in [0.1, 0.15) is 19.8 Å². The minimum atomic E-state index is -0.297. The number of rotatable bonds is 4. The number of β-amino-alcohol motifs (C(OH)–C–C–N with tert-alkyl or cyclic N) is 1. The predicted molar refractivity (Wildman–Crippen MR) is 85.3 cm³/mol. The lowest BCUT2D eigenvalue weighted by atomic mass is 9.96. The number of nitrogens with two attached hydrogens (primary N) is 1. The Balaban J connectivity index is 1.80. The molecule has 2 atom stereocenters. The third-order valence-electron chi connectivity index (χ3n) is 3.95. The minimum Gasteiger partial charge on any atom is -0.397 e. The molecule has 0 radical (unpaired) electrons. The Kier molecular flexibility index (Phi) is 5.45. The number of hydrogen-bond donors (Lipinski definition) is 3. The molecule has 1 aromatic carbocycles. The lowest BCUT2D eigenvalue weighted by molar-refractivity contribution is -0.116. The van der Waals surface area contributed by atoms with Crippen LogP contribution in [0.5, 0.6) is 0 Å². The maximum absolute atomic E-state index is 11.9. The first-order valence-electron chi connectivity index (χ1n) is 7.21. The first-order chi connectivity index (χ1) is 9.95. The second-order valence-corrected chi connectivity index (χ2v) is 6.10. The van der Waals surface area contributed by atoms with Crippen LogP contribution in [-0.4, -0.2) is 41.7 Å². The van der Waals surface area contributed by atoms with E-state index in [0.29, 0.717) is 41.8 Å². The lowest BCUT2D eigenvalue weighted by Gasteiger charge is -2.34. The van der Waals surface area contributed by atoms with Crippen molar-refractivity contribution in [3.8, 4) is 0 Å². The van der Waals surface area contributed by atoms with E-state index in [4.69, 9.17) is 17.3 Å². The fourth-order valence-corrected chi connectivity index (χ4v) is 2.62. The average Bonchev–Trinajstić information content (AvgIpc) is 2.43. The van der Waals surface area contributed by atoms with Crippen LogP contribution in [0.4, 0.5) is 11.4 Å². The van der Waals surface area contributed by atoms with E-state index in [9.17, 15) is 9.90 Å². The summed E-state index contributed by atoms with van der Waals surface area (Å²) in [4.78, 5) is 14.1. The van der Waals surface area contributed by atoms with E-state index >= 15 is 0 Å². The molecule has 1 aromatic rings. The number of nitrogens with zero attached hydrogens (tertiary/aromatic N) is 1. The minimum absolute atomic E-state index is 0.0860. The summed E-state index contributed by atoms with van der Waals surface area (Å²) in [6.07, 6.45) is 1.05. The number of likely N-dealkylation sites (tertiary alicyclic amines) is 1. The van der Waals surface area contributed by atoms with Gasteiger partial charge in [-0.1, -0.05) is 18.5 Å². The van der Waals surface area contributed by atoms with Crippen molar-refractivity contribution in [2.75, 3.05) is 30.7 Å². The predicted octanol–water partition coefficient (Wildman–Crippen LogP) is 1.95. The quantitative estimate of drug-likeness (QED) is 0.743. The molecule has 5 nitrogen and oxygen atoms in total. The maximum atomic E-state index is 11.9. The molecule has 1 amide bonds. The van der Waals surface area contributed by atoms with E-state index in [1.54, 1.807) is 18.2 Å². The molecule has 1 aliphatic rings. The topological polar surface area (TPSA) is 78.6 Å². The van der Waals surface area contributed by atoms with Crippen LogP contribution in [0.3, 0.4) is 0 Å². The van der Waals surface area contributed by atoms with Gasteiger partial charge in [-0.15, -0.1) is 0 Å². The van der Waals surface area contributed by atoms with Gasteiger partial charge >= 0.3 is 0 Å². The maximum Gasteiger partial charge on any atom is 0.225 e. The van der Waals surface area contributed by atoms with Crippen LogP contribution in [0.25, 0.3) is 0 Å². The molecule has 1 aliphatic heterocycles. The molecule has 6 heteroatoms. The number of halogens is 1. The third kappa shape index (κ3) is 4.59. The van der Waals surface area contributed by atoms with Gasteiger partial charge in [-0.25, -0.2) is 0 Å². The van der Waals surface area contributed by atoms with Crippen LogP contribution in [0.2, 0.25) is 5.02 Å². The summed E-state index contributed by atoms with van der Waals surface area (Å²) >= 11 is 5.82. The number of piperidine rings is 1. The molecule has 2 unspecified atom stereocenters. The number of aliphatic hydroxyl groups excluding tert-OH is 1. The number of nitrogen functional groups attached to an aromatic ring is 1. The van der Waals surface area contributed by atoms with Crippen LogP contribution in [0.15, 0.2) is 18.2 Å². The van der Waals surface area contributed by atoms with Crippen LogP contribution < -0.4 is 11.1 Å². The van der Waals surface area contributed by atoms with E-state index in [1.165, 1.54) is 0 Å². The lowest BCUT2D eigenvalue weighted by Crippen LogP contribution is -2.43. The monoisotopic (exact) mass is 311 g/mol. The van der Waals surface area contributed by atoms with Gasteiger partial charge in [0.15, 0.2) is 0 Å². The second kappa shape index (κ2) is 7.11. The Labute approximate surface area is 130 Å². The van der Waals surface area contributed by atoms with E-state index in [2.05, 4.69) is 17.1 Å². The number of aliphatic hydroxyl groups is 1. The van der Waals surface area contributed by atoms with Crippen LogP contribution in [-0.2, 0) is 4.79 Å². The Bertz CT molecular complexity index is 510. The van der Waals surface area contributed by atoms with Gasteiger partial charge in [0, 0.05) is 24.5 Å². The Morgan fingerprint density at radius 2 is 2.33 bits per heavy atom. The third-order valence-corrected chi connectivity index (χ3v) is 4.18. The zero-order chi connectivity index (χ0) is 15.4. The van der Waals surface area contributed by atoms with E-state index < -0.39 is 0 Å². The molecule has 0 saturated carbocycles. The average molecular weight is 312 g/mol. The summed E-state index contributed by atoms with van der Waals surface area (Å²) < 4.78 is 0. The Morgan fingerprint density at radius 3 is 3.00 bits per heavy atom. The summed E-state index contributed by atoms with van der Waals surface area (Å²) in [5.74, 6) is 0.251. The SMILES string of the molecule is CC1CCN(CCC(=O)Nc2ccc(Cl)cc2N)CC1O. The Morgan fingerprint density at radius 1 is 1.57 bits per heavy atom.